The molecule has 0 spiro atoms. The number of phenolic OH excluding ortho intramolecular Hbond substituents is 1. The summed E-state index contributed by atoms with van der Waals surface area (Å²) in [6.45, 7) is 0.249. The quantitative estimate of drug-likeness (QED) is 0.751. The Hall–Kier alpha value is -2.27. The number of nitrogens with one attached hydrogen (secondary N) is 1. The Labute approximate surface area is 97.9 Å². The van der Waals surface area contributed by atoms with Crippen molar-refractivity contribution in [2.45, 2.75) is 6.54 Å². The lowest BCUT2D eigenvalue weighted by Crippen LogP contribution is -2.10. The molecule has 1 heterocycles. The summed E-state index contributed by atoms with van der Waals surface area (Å²) in [7, 11) is 0. The molecular formula is C12H12N2O3. The number of benzene rings is 1. The minimum Gasteiger partial charge on any atom is -0.508 e. The van der Waals surface area contributed by atoms with Crippen LogP contribution in [0.25, 0.3) is 0 Å². The van der Waals surface area contributed by atoms with Crippen LogP contribution in [0.3, 0.4) is 0 Å². The maximum absolute atomic E-state index is 11.7. The van der Waals surface area contributed by atoms with Crippen molar-refractivity contribution in [3.63, 3.8) is 0 Å². The van der Waals surface area contributed by atoms with Crippen LogP contribution in [0.4, 0.5) is 5.69 Å². The normalized spacial score (nSPS) is 10.2. The summed E-state index contributed by atoms with van der Waals surface area (Å²) >= 11 is 0. The first-order valence-corrected chi connectivity index (χ1v) is 5.08. The molecule has 5 heteroatoms. The molecule has 88 valence electrons. The highest BCUT2D eigenvalue weighted by atomic mass is 16.4. The molecule has 0 aliphatic carbocycles. The van der Waals surface area contributed by atoms with E-state index in [1.807, 2.05) is 0 Å². The van der Waals surface area contributed by atoms with Crippen LogP contribution in [0.2, 0.25) is 0 Å². The van der Waals surface area contributed by atoms with Crippen LogP contribution in [-0.2, 0) is 6.54 Å². The lowest BCUT2D eigenvalue weighted by atomic mass is 10.3. The second-order valence-electron chi connectivity index (χ2n) is 3.47. The van der Waals surface area contributed by atoms with Crippen LogP contribution in [0.15, 0.2) is 40.8 Å². The number of hydrogen-bond donors (Lipinski definition) is 3. The van der Waals surface area contributed by atoms with Gasteiger partial charge in [-0.15, -0.1) is 0 Å². The van der Waals surface area contributed by atoms with Crippen molar-refractivity contribution >= 4 is 11.6 Å². The van der Waals surface area contributed by atoms with Crippen LogP contribution >= 0.6 is 0 Å². The van der Waals surface area contributed by atoms with E-state index in [9.17, 15) is 9.90 Å². The average molecular weight is 232 g/mol. The van der Waals surface area contributed by atoms with Gasteiger partial charge in [-0.3, -0.25) is 4.79 Å². The third kappa shape index (κ3) is 2.64. The number of carbonyl (C=O) groups excluding carboxylic acids is 1. The van der Waals surface area contributed by atoms with Gasteiger partial charge in [0.1, 0.15) is 11.5 Å². The molecule has 2 rings (SSSR count). The zero-order valence-corrected chi connectivity index (χ0v) is 9.01. The van der Waals surface area contributed by atoms with Crippen molar-refractivity contribution in [3.8, 4) is 5.75 Å². The summed E-state index contributed by atoms with van der Waals surface area (Å²) in [5.41, 5.74) is 5.88. The van der Waals surface area contributed by atoms with Crippen LogP contribution in [-0.4, -0.2) is 11.0 Å². The van der Waals surface area contributed by atoms with Gasteiger partial charge in [0, 0.05) is 11.8 Å². The molecule has 1 aromatic heterocycles. The predicted octanol–water partition coefficient (Wildman–Crippen LogP) is 1.70. The Morgan fingerprint density at radius 1 is 1.35 bits per heavy atom. The third-order valence-electron chi connectivity index (χ3n) is 2.19. The number of nitrogens with two attached hydrogens (primary N) is 1. The van der Waals surface area contributed by atoms with Crippen molar-refractivity contribution in [2.24, 2.45) is 5.73 Å². The molecule has 0 radical (unpaired) electrons. The van der Waals surface area contributed by atoms with Crippen LogP contribution < -0.4 is 11.1 Å². The van der Waals surface area contributed by atoms with Crippen molar-refractivity contribution < 1.29 is 14.3 Å². The van der Waals surface area contributed by atoms with E-state index in [0.717, 1.165) is 0 Å². The lowest BCUT2D eigenvalue weighted by Gasteiger charge is -2.03. The molecule has 0 fully saturated rings. The van der Waals surface area contributed by atoms with E-state index in [2.05, 4.69) is 5.32 Å². The molecule has 0 saturated carbocycles. The van der Waals surface area contributed by atoms with Crippen molar-refractivity contribution in [1.82, 2.24) is 0 Å². The molecule has 0 saturated heterocycles. The van der Waals surface area contributed by atoms with Gasteiger partial charge in [0.25, 0.3) is 5.91 Å². The molecule has 0 unspecified atom stereocenters. The molecule has 17 heavy (non-hydrogen) atoms. The SMILES string of the molecule is NCc1ccc(C(=O)Nc2cccc(O)c2)o1. The molecule has 0 atom stereocenters. The smallest absolute Gasteiger partial charge is 0.291 e. The minimum absolute atomic E-state index is 0.0879. The Morgan fingerprint density at radius 2 is 2.18 bits per heavy atom. The molecule has 1 aromatic carbocycles. The standard InChI is InChI=1S/C12H12N2O3/c13-7-10-4-5-11(17-10)12(16)14-8-2-1-3-9(15)6-8/h1-6,15H,7,13H2,(H,14,16). The van der Waals surface area contributed by atoms with E-state index in [1.54, 1.807) is 24.3 Å². The fraction of sp³-hybridized carbons (Fsp3) is 0.0833. The number of furan rings is 1. The molecule has 0 aliphatic heterocycles. The zero-order chi connectivity index (χ0) is 12.3. The number of anilines is 1. The van der Waals surface area contributed by atoms with E-state index >= 15 is 0 Å². The van der Waals surface area contributed by atoms with Crippen LogP contribution in [0.5, 0.6) is 5.75 Å². The second-order valence-corrected chi connectivity index (χ2v) is 3.47. The van der Waals surface area contributed by atoms with Gasteiger partial charge in [0.15, 0.2) is 5.76 Å². The molecule has 5 nitrogen and oxygen atoms in total. The maximum Gasteiger partial charge on any atom is 0.291 e. The summed E-state index contributed by atoms with van der Waals surface area (Å²) in [6.07, 6.45) is 0. The number of phenols is 1. The number of amides is 1. The minimum atomic E-state index is -0.379. The summed E-state index contributed by atoms with van der Waals surface area (Å²) in [6, 6.07) is 9.49. The monoisotopic (exact) mass is 232 g/mol. The Balaban J connectivity index is 2.11. The number of hydrogen-bond acceptors (Lipinski definition) is 4. The van der Waals surface area contributed by atoms with Gasteiger partial charge < -0.3 is 20.6 Å². The Bertz CT molecular complexity index is 534. The van der Waals surface area contributed by atoms with Gasteiger partial charge in [-0.25, -0.2) is 0 Å². The maximum atomic E-state index is 11.7. The summed E-state index contributed by atoms with van der Waals surface area (Å²) in [5.74, 6) is 0.444. The van der Waals surface area contributed by atoms with Crippen LogP contribution in [0, 0.1) is 0 Å². The summed E-state index contributed by atoms with van der Waals surface area (Å²) in [5, 5.41) is 11.9. The Morgan fingerprint density at radius 3 is 2.82 bits per heavy atom. The van der Waals surface area contributed by atoms with Gasteiger partial charge in [0.05, 0.1) is 6.54 Å². The van der Waals surface area contributed by atoms with Crippen molar-refractivity contribution in [3.05, 3.63) is 47.9 Å². The van der Waals surface area contributed by atoms with Crippen molar-refractivity contribution in [1.29, 1.82) is 0 Å². The highest BCUT2D eigenvalue weighted by Crippen LogP contribution is 2.17. The van der Waals surface area contributed by atoms with Gasteiger partial charge in [-0.1, -0.05) is 6.07 Å². The predicted molar refractivity (Wildman–Crippen MR) is 62.7 cm³/mol. The van der Waals surface area contributed by atoms with Gasteiger partial charge in [-0.2, -0.15) is 0 Å². The number of carbonyl (C=O) groups is 1. The highest BCUT2D eigenvalue weighted by Gasteiger charge is 2.10. The molecule has 2 aromatic rings. The molecule has 0 bridgehead atoms. The first-order valence-electron chi connectivity index (χ1n) is 5.08. The third-order valence-corrected chi connectivity index (χ3v) is 2.19. The first-order chi connectivity index (χ1) is 8.19. The van der Waals surface area contributed by atoms with Gasteiger partial charge in [0.2, 0.25) is 0 Å². The van der Waals surface area contributed by atoms with E-state index in [-0.39, 0.29) is 24.0 Å². The highest BCUT2D eigenvalue weighted by molar-refractivity contribution is 6.02. The molecule has 1 amide bonds. The average Bonchev–Trinajstić information content (AvgIpc) is 2.77. The molecule has 0 aliphatic rings. The first kappa shape index (κ1) is 11.2. The fourth-order valence-corrected chi connectivity index (χ4v) is 1.39. The van der Waals surface area contributed by atoms with Gasteiger partial charge >= 0.3 is 0 Å². The fourth-order valence-electron chi connectivity index (χ4n) is 1.39. The topological polar surface area (TPSA) is 88.5 Å². The lowest BCUT2D eigenvalue weighted by molar-refractivity contribution is 0.0995. The van der Waals surface area contributed by atoms with Gasteiger partial charge in [-0.05, 0) is 24.3 Å². The Kier molecular flexibility index (Phi) is 3.11. The number of aromatic hydroxyl groups is 1. The second kappa shape index (κ2) is 4.71. The largest absolute Gasteiger partial charge is 0.508 e. The van der Waals surface area contributed by atoms with E-state index < -0.39 is 0 Å². The van der Waals surface area contributed by atoms with E-state index in [0.29, 0.717) is 11.4 Å². The van der Waals surface area contributed by atoms with E-state index in [1.165, 1.54) is 12.1 Å². The number of rotatable bonds is 3. The van der Waals surface area contributed by atoms with Crippen LogP contribution in [0.1, 0.15) is 16.3 Å². The van der Waals surface area contributed by atoms with Crippen molar-refractivity contribution in [2.75, 3.05) is 5.32 Å². The molecular weight excluding hydrogens is 220 g/mol. The zero-order valence-electron chi connectivity index (χ0n) is 9.01. The summed E-state index contributed by atoms with van der Waals surface area (Å²) in [4.78, 5) is 11.7. The molecule has 4 N–H and O–H groups in total. The van der Waals surface area contributed by atoms with E-state index in [4.69, 9.17) is 10.2 Å². The summed E-state index contributed by atoms with van der Waals surface area (Å²) < 4.78 is 5.20.